The van der Waals surface area contributed by atoms with Gasteiger partial charge in [-0.1, -0.05) is 30.3 Å². The van der Waals surface area contributed by atoms with Crippen LogP contribution in [0.3, 0.4) is 0 Å². The third kappa shape index (κ3) is 2.20. The predicted molar refractivity (Wildman–Crippen MR) is 67.1 cm³/mol. The third-order valence-electron chi connectivity index (χ3n) is 2.61. The van der Waals surface area contributed by atoms with Crippen molar-refractivity contribution in [2.75, 3.05) is 0 Å². The van der Waals surface area contributed by atoms with Crippen LogP contribution in [0.15, 0.2) is 46.1 Å². The Balaban J connectivity index is 2.68. The summed E-state index contributed by atoms with van der Waals surface area (Å²) in [6.07, 6.45) is 1.61. The van der Waals surface area contributed by atoms with Gasteiger partial charge in [0.05, 0.1) is 5.56 Å². The summed E-state index contributed by atoms with van der Waals surface area (Å²) in [7, 11) is 0. The fourth-order valence-electron chi connectivity index (χ4n) is 1.69. The summed E-state index contributed by atoms with van der Waals surface area (Å²) in [4.78, 5) is 25.7. The zero-order valence-electron chi connectivity index (χ0n) is 9.81. The Bertz CT molecular complexity index is 624. The number of aromatic amines is 1. The van der Waals surface area contributed by atoms with Crippen LogP contribution in [0.25, 0.3) is 11.1 Å². The predicted octanol–water partition coefficient (Wildman–Crippen LogP) is 1.78. The molecule has 0 radical (unpaired) electrons. The van der Waals surface area contributed by atoms with Crippen LogP contribution in [0, 0.1) is 0 Å². The maximum atomic E-state index is 11.7. The Morgan fingerprint density at radius 2 is 1.76 bits per heavy atom. The van der Waals surface area contributed by atoms with Crippen LogP contribution >= 0.6 is 0 Å². The van der Waals surface area contributed by atoms with E-state index in [-0.39, 0.29) is 17.3 Å². The molecule has 0 aliphatic carbocycles. The molecule has 4 nitrogen and oxygen atoms in total. The van der Waals surface area contributed by atoms with E-state index in [1.165, 1.54) is 4.57 Å². The van der Waals surface area contributed by atoms with Crippen molar-refractivity contribution in [2.24, 2.45) is 0 Å². The highest BCUT2D eigenvalue weighted by Gasteiger charge is 2.08. The van der Waals surface area contributed by atoms with Crippen molar-refractivity contribution >= 4 is 0 Å². The van der Waals surface area contributed by atoms with Gasteiger partial charge in [0.25, 0.3) is 5.56 Å². The van der Waals surface area contributed by atoms with E-state index in [0.29, 0.717) is 5.56 Å². The zero-order chi connectivity index (χ0) is 12.4. The summed E-state index contributed by atoms with van der Waals surface area (Å²) >= 11 is 0. The van der Waals surface area contributed by atoms with Gasteiger partial charge in [0.2, 0.25) is 0 Å². The highest BCUT2D eigenvalue weighted by Crippen LogP contribution is 2.13. The molecule has 0 bridgehead atoms. The lowest BCUT2D eigenvalue weighted by Crippen LogP contribution is -2.31. The van der Waals surface area contributed by atoms with E-state index >= 15 is 0 Å². The molecule has 88 valence electrons. The number of nitrogens with zero attached hydrogens (tertiary/aromatic N) is 1. The van der Waals surface area contributed by atoms with Crippen LogP contribution in [0.2, 0.25) is 0 Å². The van der Waals surface area contributed by atoms with Crippen molar-refractivity contribution in [1.29, 1.82) is 0 Å². The average molecular weight is 230 g/mol. The molecule has 4 heteroatoms. The second-order valence-electron chi connectivity index (χ2n) is 4.17. The molecule has 1 N–H and O–H groups in total. The molecule has 2 aromatic rings. The standard InChI is InChI=1S/C13H14N2O2/c1-9(2)15-8-11(12(16)14-13(15)17)10-6-4-3-5-7-10/h3-9H,1-2H3,(H,14,16,17). The number of hydrogen-bond donors (Lipinski definition) is 1. The molecule has 0 aliphatic rings. The molecular formula is C13H14N2O2. The van der Waals surface area contributed by atoms with Gasteiger partial charge in [0.15, 0.2) is 0 Å². The largest absolute Gasteiger partial charge is 0.328 e. The molecule has 0 spiro atoms. The smallest absolute Gasteiger partial charge is 0.297 e. The Morgan fingerprint density at radius 1 is 1.12 bits per heavy atom. The number of hydrogen-bond acceptors (Lipinski definition) is 2. The normalized spacial score (nSPS) is 10.8. The van der Waals surface area contributed by atoms with Crippen molar-refractivity contribution < 1.29 is 0 Å². The molecule has 2 rings (SSSR count). The van der Waals surface area contributed by atoms with E-state index in [0.717, 1.165) is 5.56 Å². The highest BCUT2D eigenvalue weighted by atomic mass is 16.2. The van der Waals surface area contributed by atoms with Crippen molar-refractivity contribution in [3.63, 3.8) is 0 Å². The number of benzene rings is 1. The van der Waals surface area contributed by atoms with Gasteiger partial charge in [-0.25, -0.2) is 4.79 Å². The lowest BCUT2D eigenvalue weighted by Gasteiger charge is -2.10. The molecule has 1 heterocycles. The average Bonchev–Trinajstić information content (AvgIpc) is 2.29. The molecule has 0 saturated heterocycles. The molecule has 0 amide bonds. The molecule has 1 aromatic heterocycles. The van der Waals surface area contributed by atoms with E-state index < -0.39 is 0 Å². The zero-order valence-corrected chi connectivity index (χ0v) is 9.81. The fourth-order valence-corrected chi connectivity index (χ4v) is 1.69. The Morgan fingerprint density at radius 3 is 2.35 bits per heavy atom. The van der Waals surface area contributed by atoms with Crippen LogP contribution in [0.1, 0.15) is 19.9 Å². The monoisotopic (exact) mass is 230 g/mol. The number of nitrogens with one attached hydrogen (secondary N) is 1. The second kappa shape index (κ2) is 4.41. The molecular weight excluding hydrogens is 216 g/mol. The van der Waals surface area contributed by atoms with E-state index in [2.05, 4.69) is 4.98 Å². The highest BCUT2D eigenvalue weighted by molar-refractivity contribution is 5.60. The van der Waals surface area contributed by atoms with Crippen LogP contribution in [0.4, 0.5) is 0 Å². The molecule has 0 unspecified atom stereocenters. The summed E-state index contributed by atoms with van der Waals surface area (Å²) in [6, 6.07) is 9.32. The van der Waals surface area contributed by atoms with E-state index in [1.54, 1.807) is 6.20 Å². The minimum absolute atomic E-state index is 0.0156. The minimum Gasteiger partial charge on any atom is -0.297 e. The first-order valence-electron chi connectivity index (χ1n) is 5.50. The van der Waals surface area contributed by atoms with Crippen LogP contribution in [-0.2, 0) is 0 Å². The SMILES string of the molecule is CC(C)n1cc(-c2ccccc2)c(=O)[nH]c1=O. The summed E-state index contributed by atoms with van der Waals surface area (Å²) in [5.41, 5.74) is 0.602. The Hall–Kier alpha value is -2.10. The van der Waals surface area contributed by atoms with Gasteiger partial charge >= 0.3 is 5.69 Å². The molecule has 0 atom stereocenters. The van der Waals surface area contributed by atoms with Crippen LogP contribution in [0.5, 0.6) is 0 Å². The van der Waals surface area contributed by atoms with E-state index in [9.17, 15) is 9.59 Å². The topological polar surface area (TPSA) is 54.9 Å². The lowest BCUT2D eigenvalue weighted by molar-refractivity contribution is 0.562. The lowest BCUT2D eigenvalue weighted by atomic mass is 10.1. The molecule has 0 fully saturated rings. The van der Waals surface area contributed by atoms with Gasteiger partial charge < -0.3 is 0 Å². The van der Waals surface area contributed by atoms with Gasteiger partial charge in [-0.05, 0) is 19.4 Å². The molecule has 1 aromatic carbocycles. The number of aromatic nitrogens is 2. The second-order valence-corrected chi connectivity index (χ2v) is 4.17. The third-order valence-corrected chi connectivity index (χ3v) is 2.61. The minimum atomic E-state index is -0.371. The van der Waals surface area contributed by atoms with Crippen LogP contribution < -0.4 is 11.2 Å². The summed E-state index contributed by atoms with van der Waals surface area (Å²) in [6.45, 7) is 3.79. The van der Waals surface area contributed by atoms with E-state index in [4.69, 9.17) is 0 Å². The Kier molecular flexibility index (Phi) is 2.95. The van der Waals surface area contributed by atoms with Crippen molar-refractivity contribution in [3.05, 3.63) is 57.4 Å². The van der Waals surface area contributed by atoms with Crippen LogP contribution in [-0.4, -0.2) is 9.55 Å². The van der Waals surface area contributed by atoms with Crippen molar-refractivity contribution in [2.45, 2.75) is 19.9 Å². The van der Waals surface area contributed by atoms with Gasteiger partial charge in [0.1, 0.15) is 0 Å². The van der Waals surface area contributed by atoms with Gasteiger partial charge in [-0.3, -0.25) is 14.3 Å². The van der Waals surface area contributed by atoms with E-state index in [1.807, 2.05) is 44.2 Å². The number of rotatable bonds is 2. The first-order valence-corrected chi connectivity index (χ1v) is 5.50. The van der Waals surface area contributed by atoms with Gasteiger partial charge in [-0.2, -0.15) is 0 Å². The molecule has 0 aliphatic heterocycles. The summed E-state index contributed by atoms with van der Waals surface area (Å²) in [5, 5.41) is 0. The molecule has 17 heavy (non-hydrogen) atoms. The fraction of sp³-hybridized carbons (Fsp3) is 0.231. The maximum absolute atomic E-state index is 11.7. The first-order chi connectivity index (χ1) is 8.09. The van der Waals surface area contributed by atoms with Gasteiger partial charge in [0, 0.05) is 12.2 Å². The Labute approximate surface area is 98.6 Å². The quantitative estimate of drug-likeness (QED) is 0.855. The van der Waals surface area contributed by atoms with Crippen molar-refractivity contribution in [3.8, 4) is 11.1 Å². The first kappa shape index (κ1) is 11.4. The van der Waals surface area contributed by atoms with Crippen molar-refractivity contribution in [1.82, 2.24) is 9.55 Å². The maximum Gasteiger partial charge on any atom is 0.328 e. The molecule has 0 saturated carbocycles. The summed E-state index contributed by atoms with van der Waals surface area (Å²) < 4.78 is 1.52. The number of H-pyrrole nitrogens is 1. The van der Waals surface area contributed by atoms with Gasteiger partial charge in [-0.15, -0.1) is 0 Å². The summed E-state index contributed by atoms with van der Waals surface area (Å²) in [5.74, 6) is 0.